The lowest BCUT2D eigenvalue weighted by Gasteiger charge is -2.23. The number of benzene rings is 1. The Labute approximate surface area is 101 Å². The van der Waals surface area contributed by atoms with Crippen LogP contribution in [0.5, 0.6) is 0 Å². The lowest BCUT2D eigenvalue weighted by atomic mass is 10.1. The van der Waals surface area contributed by atoms with Crippen molar-refractivity contribution in [1.29, 1.82) is 0 Å². The molecule has 92 valence electrons. The first-order valence-corrected chi connectivity index (χ1v) is 5.72. The molecule has 0 fully saturated rings. The molecule has 0 radical (unpaired) electrons. The molecule has 0 bridgehead atoms. The number of ketones is 1. The van der Waals surface area contributed by atoms with Crippen molar-refractivity contribution in [1.82, 2.24) is 0 Å². The predicted octanol–water partition coefficient (Wildman–Crippen LogP) is 1.91. The largest absolute Gasteiger partial charge is 0.397 e. The van der Waals surface area contributed by atoms with E-state index in [0.29, 0.717) is 17.9 Å². The van der Waals surface area contributed by atoms with Gasteiger partial charge >= 0.3 is 0 Å². The standard InChI is InChI=1S/C13H18N2O2/c1-4-11(16)13(17)15(5-2)12-9(3)7-6-8-10(12)14/h6-8H,4-5,14H2,1-3H3. The molecule has 0 saturated heterocycles. The molecule has 1 amide bonds. The average Bonchev–Trinajstić information content (AvgIpc) is 2.32. The van der Waals surface area contributed by atoms with Crippen LogP contribution in [-0.2, 0) is 9.59 Å². The Morgan fingerprint density at radius 1 is 1.29 bits per heavy atom. The van der Waals surface area contributed by atoms with Crippen LogP contribution in [0, 0.1) is 6.92 Å². The highest BCUT2D eigenvalue weighted by atomic mass is 16.2. The number of amides is 1. The molecule has 0 aliphatic rings. The number of hydrogen-bond donors (Lipinski definition) is 1. The van der Waals surface area contributed by atoms with Gasteiger partial charge in [0, 0.05) is 13.0 Å². The monoisotopic (exact) mass is 234 g/mol. The molecule has 0 spiro atoms. The number of carbonyl (C=O) groups excluding carboxylic acids is 2. The van der Waals surface area contributed by atoms with Gasteiger partial charge in [0.15, 0.2) is 0 Å². The Balaban J connectivity index is 3.19. The SMILES string of the molecule is CCC(=O)C(=O)N(CC)c1c(C)cccc1N. The molecule has 0 aromatic heterocycles. The molecule has 4 heteroatoms. The molecule has 1 aromatic carbocycles. The molecule has 2 N–H and O–H groups in total. The fraction of sp³-hybridized carbons (Fsp3) is 0.385. The zero-order valence-corrected chi connectivity index (χ0v) is 10.5. The summed E-state index contributed by atoms with van der Waals surface area (Å²) in [4.78, 5) is 24.8. The Kier molecular flexibility index (Phi) is 4.26. The van der Waals surface area contributed by atoms with Gasteiger partial charge in [-0.05, 0) is 25.5 Å². The minimum Gasteiger partial charge on any atom is -0.397 e. The lowest BCUT2D eigenvalue weighted by Crippen LogP contribution is -2.37. The molecule has 0 atom stereocenters. The number of rotatable bonds is 4. The van der Waals surface area contributed by atoms with Crippen LogP contribution in [0.1, 0.15) is 25.8 Å². The Morgan fingerprint density at radius 2 is 1.94 bits per heavy atom. The van der Waals surface area contributed by atoms with Gasteiger partial charge in [0.2, 0.25) is 5.78 Å². The fourth-order valence-corrected chi connectivity index (χ4v) is 1.76. The van der Waals surface area contributed by atoms with Crippen LogP contribution in [0.2, 0.25) is 0 Å². The number of aryl methyl sites for hydroxylation is 1. The van der Waals surface area contributed by atoms with Gasteiger partial charge in [-0.25, -0.2) is 0 Å². The molecule has 1 aromatic rings. The molecule has 0 unspecified atom stereocenters. The summed E-state index contributed by atoms with van der Waals surface area (Å²) in [6, 6.07) is 5.43. The maximum atomic E-state index is 11.9. The summed E-state index contributed by atoms with van der Waals surface area (Å²) in [5.74, 6) is -0.884. The number of nitrogens with two attached hydrogens (primary N) is 1. The fourth-order valence-electron chi connectivity index (χ4n) is 1.76. The molecular weight excluding hydrogens is 216 g/mol. The van der Waals surface area contributed by atoms with Crippen LogP contribution in [0.15, 0.2) is 18.2 Å². The summed E-state index contributed by atoms with van der Waals surface area (Å²) in [5.41, 5.74) is 7.92. The summed E-state index contributed by atoms with van der Waals surface area (Å²) in [7, 11) is 0. The Morgan fingerprint density at radius 3 is 2.41 bits per heavy atom. The van der Waals surface area contributed by atoms with Crippen LogP contribution in [0.3, 0.4) is 0 Å². The predicted molar refractivity (Wildman–Crippen MR) is 68.9 cm³/mol. The molecule has 0 heterocycles. The topological polar surface area (TPSA) is 63.4 Å². The quantitative estimate of drug-likeness (QED) is 0.639. The van der Waals surface area contributed by atoms with Crippen molar-refractivity contribution < 1.29 is 9.59 Å². The highest BCUT2D eigenvalue weighted by Crippen LogP contribution is 2.27. The van der Waals surface area contributed by atoms with E-state index in [0.717, 1.165) is 5.56 Å². The van der Waals surface area contributed by atoms with Gasteiger partial charge in [0.1, 0.15) is 0 Å². The number of nitrogen functional groups attached to an aromatic ring is 1. The number of Topliss-reactive ketones (excluding diaryl/α,β-unsaturated/α-hetero) is 1. The van der Waals surface area contributed by atoms with E-state index in [1.165, 1.54) is 4.90 Å². The van der Waals surface area contributed by atoms with E-state index < -0.39 is 11.7 Å². The van der Waals surface area contributed by atoms with Crippen LogP contribution in [0.25, 0.3) is 0 Å². The van der Waals surface area contributed by atoms with Gasteiger partial charge in [-0.3, -0.25) is 9.59 Å². The Bertz CT molecular complexity index is 421. The maximum Gasteiger partial charge on any atom is 0.294 e. The third kappa shape index (κ3) is 2.64. The highest BCUT2D eigenvalue weighted by Gasteiger charge is 2.22. The van der Waals surface area contributed by atoms with Gasteiger partial charge in [-0.2, -0.15) is 0 Å². The average molecular weight is 234 g/mol. The molecule has 0 aliphatic heterocycles. The zero-order chi connectivity index (χ0) is 13.0. The number of likely N-dealkylation sites (N-methyl/N-ethyl adjacent to an activating group) is 1. The number of carbonyl (C=O) groups is 2. The third-order valence-corrected chi connectivity index (χ3v) is 2.66. The Hall–Kier alpha value is -1.84. The van der Waals surface area contributed by atoms with Crippen molar-refractivity contribution in [3.8, 4) is 0 Å². The minimum atomic E-state index is -0.490. The van der Waals surface area contributed by atoms with E-state index in [9.17, 15) is 9.59 Å². The van der Waals surface area contributed by atoms with Crippen molar-refractivity contribution in [3.05, 3.63) is 23.8 Å². The van der Waals surface area contributed by atoms with Crippen molar-refractivity contribution >= 4 is 23.1 Å². The van der Waals surface area contributed by atoms with E-state index in [-0.39, 0.29) is 6.42 Å². The summed E-state index contributed by atoms with van der Waals surface area (Å²) < 4.78 is 0. The second-order valence-corrected chi connectivity index (χ2v) is 3.84. The van der Waals surface area contributed by atoms with E-state index in [4.69, 9.17) is 5.73 Å². The summed E-state index contributed by atoms with van der Waals surface area (Å²) in [6.07, 6.45) is 0.209. The maximum absolute atomic E-state index is 11.9. The van der Waals surface area contributed by atoms with Gasteiger partial charge < -0.3 is 10.6 Å². The number of nitrogens with zero attached hydrogens (tertiary/aromatic N) is 1. The lowest BCUT2D eigenvalue weighted by molar-refractivity contribution is -0.136. The number of para-hydroxylation sites is 1. The van der Waals surface area contributed by atoms with Crippen molar-refractivity contribution in [2.75, 3.05) is 17.2 Å². The normalized spacial score (nSPS) is 10.1. The van der Waals surface area contributed by atoms with Gasteiger partial charge in [-0.15, -0.1) is 0 Å². The third-order valence-electron chi connectivity index (χ3n) is 2.66. The molecule has 0 aliphatic carbocycles. The number of anilines is 2. The van der Waals surface area contributed by atoms with Crippen molar-refractivity contribution in [2.24, 2.45) is 0 Å². The van der Waals surface area contributed by atoms with Crippen molar-refractivity contribution in [2.45, 2.75) is 27.2 Å². The molecule has 0 saturated carbocycles. The number of hydrogen-bond acceptors (Lipinski definition) is 3. The summed E-state index contributed by atoms with van der Waals surface area (Å²) >= 11 is 0. The second-order valence-electron chi connectivity index (χ2n) is 3.84. The molecule has 17 heavy (non-hydrogen) atoms. The van der Waals surface area contributed by atoms with E-state index in [1.54, 1.807) is 13.0 Å². The van der Waals surface area contributed by atoms with Crippen LogP contribution in [-0.4, -0.2) is 18.2 Å². The molecule has 4 nitrogen and oxygen atoms in total. The van der Waals surface area contributed by atoms with Crippen LogP contribution < -0.4 is 10.6 Å². The van der Waals surface area contributed by atoms with E-state index >= 15 is 0 Å². The van der Waals surface area contributed by atoms with Gasteiger partial charge in [-0.1, -0.05) is 19.1 Å². The first-order valence-electron chi connectivity index (χ1n) is 5.72. The highest BCUT2D eigenvalue weighted by molar-refractivity contribution is 6.41. The van der Waals surface area contributed by atoms with E-state index in [2.05, 4.69) is 0 Å². The van der Waals surface area contributed by atoms with Gasteiger partial charge in [0.25, 0.3) is 5.91 Å². The van der Waals surface area contributed by atoms with E-state index in [1.807, 2.05) is 26.0 Å². The zero-order valence-electron chi connectivity index (χ0n) is 10.5. The second kappa shape index (κ2) is 5.48. The smallest absolute Gasteiger partial charge is 0.294 e. The minimum absolute atomic E-state index is 0.209. The summed E-state index contributed by atoms with van der Waals surface area (Å²) in [5, 5.41) is 0. The first-order chi connectivity index (χ1) is 8.02. The molecular formula is C13H18N2O2. The molecule has 1 rings (SSSR count). The van der Waals surface area contributed by atoms with Gasteiger partial charge in [0.05, 0.1) is 11.4 Å². The van der Waals surface area contributed by atoms with Crippen LogP contribution >= 0.6 is 0 Å². The summed E-state index contributed by atoms with van der Waals surface area (Å²) in [6.45, 7) is 5.81. The first kappa shape index (κ1) is 13.2. The van der Waals surface area contributed by atoms with Crippen LogP contribution in [0.4, 0.5) is 11.4 Å². The van der Waals surface area contributed by atoms with Crippen molar-refractivity contribution in [3.63, 3.8) is 0 Å².